The van der Waals surface area contributed by atoms with Crippen molar-refractivity contribution in [3.8, 4) is 11.8 Å². The first-order chi connectivity index (χ1) is 8.50. The minimum Gasteiger partial charge on any atom is -0.0767 e. The molecule has 2 aliphatic rings. The van der Waals surface area contributed by atoms with Gasteiger partial charge < -0.3 is 0 Å². The van der Waals surface area contributed by atoms with Gasteiger partial charge in [0.25, 0.3) is 0 Å². The summed E-state index contributed by atoms with van der Waals surface area (Å²) in [4.78, 5) is 0. The first-order valence-electron chi connectivity index (χ1n) is 5.53. The molecule has 0 saturated carbocycles. The van der Waals surface area contributed by atoms with Gasteiger partial charge in [-0.05, 0) is 12.8 Å². The largest absolute Gasteiger partial charge is 0.0767 e. The molecule has 0 N–H and O–H groups in total. The SMILES string of the molecule is C1#CCCCCCC1.[C-]#[O+].[C-]#[O+].[CH]1C=CC=C1.[Mn]. The predicted molar refractivity (Wildman–Crippen MR) is 65.9 cm³/mol. The molecule has 0 aromatic carbocycles. The van der Waals surface area contributed by atoms with Crippen LogP contribution in [0, 0.1) is 31.6 Å². The van der Waals surface area contributed by atoms with Crippen LogP contribution in [0.2, 0.25) is 0 Å². The van der Waals surface area contributed by atoms with Gasteiger partial charge in [0.2, 0.25) is 0 Å². The van der Waals surface area contributed by atoms with Gasteiger partial charge in [-0.25, -0.2) is 0 Å². The molecule has 0 bridgehead atoms. The van der Waals surface area contributed by atoms with E-state index in [2.05, 4.69) is 25.1 Å². The monoisotopic (exact) mass is 284 g/mol. The zero-order valence-electron chi connectivity index (χ0n) is 10.3. The van der Waals surface area contributed by atoms with E-state index in [0.29, 0.717) is 0 Å². The van der Waals surface area contributed by atoms with Crippen molar-refractivity contribution in [2.45, 2.75) is 38.5 Å². The number of allylic oxidation sites excluding steroid dienone is 4. The van der Waals surface area contributed by atoms with E-state index in [4.69, 9.17) is 9.30 Å². The molecule has 3 heteroatoms. The molecular weight excluding hydrogens is 267 g/mol. The quantitative estimate of drug-likeness (QED) is 0.282. The number of rotatable bonds is 0. The maximum atomic E-state index is 7.50. The van der Waals surface area contributed by atoms with Gasteiger partial charge in [0.15, 0.2) is 0 Å². The molecule has 0 fully saturated rings. The van der Waals surface area contributed by atoms with E-state index in [1.165, 1.54) is 25.7 Å². The Morgan fingerprint density at radius 2 is 1.06 bits per heavy atom. The van der Waals surface area contributed by atoms with Gasteiger partial charge in [0.05, 0.1) is 0 Å². The summed E-state index contributed by atoms with van der Waals surface area (Å²) in [5, 5.41) is 0. The van der Waals surface area contributed by atoms with E-state index in [1.807, 2.05) is 30.7 Å². The van der Waals surface area contributed by atoms with Gasteiger partial charge in [0.1, 0.15) is 0 Å². The Balaban J connectivity index is -0.000000196. The average Bonchev–Trinajstić information content (AvgIpc) is 2.92. The van der Waals surface area contributed by atoms with Crippen LogP contribution in [-0.4, -0.2) is 0 Å². The molecule has 0 aliphatic heterocycles. The van der Waals surface area contributed by atoms with Crippen LogP contribution in [0.1, 0.15) is 38.5 Å². The molecule has 0 aromatic heterocycles. The second-order valence-electron chi connectivity index (χ2n) is 3.23. The molecule has 18 heavy (non-hydrogen) atoms. The van der Waals surface area contributed by atoms with E-state index in [9.17, 15) is 0 Å². The Morgan fingerprint density at radius 1 is 0.667 bits per heavy atom. The zero-order chi connectivity index (χ0) is 13.2. The van der Waals surface area contributed by atoms with Crippen molar-refractivity contribution >= 4 is 0 Å². The topological polar surface area (TPSA) is 39.8 Å². The van der Waals surface area contributed by atoms with E-state index >= 15 is 0 Å². The van der Waals surface area contributed by atoms with Crippen LogP contribution in [0.3, 0.4) is 0 Å². The van der Waals surface area contributed by atoms with Crippen molar-refractivity contribution in [1.29, 1.82) is 0 Å². The van der Waals surface area contributed by atoms with Gasteiger partial charge in [-0.15, -0.1) is 11.8 Å². The summed E-state index contributed by atoms with van der Waals surface area (Å²) in [6.45, 7) is 9.00. The molecule has 0 unspecified atom stereocenters. The normalized spacial score (nSPS) is 14.0. The first kappa shape index (κ1) is 22.2. The van der Waals surface area contributed by atoms with Gasteiger partial charge in [-0.1, -0.05) is 37.1 Å². The minimum atomic E-state index is 0. The first-order valence-corrected chi connectivity index (χ1v) is 5.53. The summed E-state index contributed by atoms with van der Waals surface area (Å²) < 4.78 is 15.0. The van der Waals surface area contributed by atoms with Crippen molar-refractivity contribution in [2.24, 2.45) is 0 Å². The zero-order valence-corrected chi connectivity index (χ0v) is 11.5. The third kappa shape index (κ3) is 20.5. The Labute approximate surface area is 121 Å². The van der Waals surface area contributed by atoms with Gasteiger partial charge in [-0.3, -0.25) is 0 Å². The van der Waals surface area contributed by atoms with Crippen LogP contribution < -0.4 is 0 Å². The predicted octanol–water partition coefficient (Wildman–Crippen LogP) is 3.58. The van der Waals surface area contributed by atoms with Crippen LogP contribution in [0.4, 0.5) is 0 Å². The third-order valence-corrected chi connectivity index (χ3v) is 2.03. The average molecular weight is 284 g/mol. The smallest absolute Gasteiger partial charge is 0.00506 e. The van der Waals surface area contributed by atoms with Crippen LogP contribution in [0.15, 0.2) is 24.3 Å². The molecule has 2 aliphatic carbocycles. The minimum absolute atomic E-state index is 0. The fraction of sp³-hybridized carbons (Fsp3) is 0.400. The van der Waals surface area contributed by atoms with Crippen LogP contribution in [0.25, 0.3) is 0 Å². The van der Waals surface area contributed by atoms with Crippen LogP contribution >= 0.6 is 0 Å². The molecule has 0 atom stereocenters. The Hall–Kier alpha value is -0.961. The summed E-state index contributed by atoms with van der Waals surface area (Å²) in [5.41, 5.74) is 0. The third-order valence-electron chi connectivity index (χ3n) is 2.03. The van der Waals surface area contributed by atoms with E-state index in [-0.39, 0.29) is 17.1 Å². The van der Waals surface area contributed by atoms with Crippen molar-refractivity contribution < 1.29 is 26.4 Å². The summed E-state index contributed by atoms with van der Waals surface area (Å²) in [7, 11) is 0. The fourth-order valence-electron chi connectivity index (χ4n) is 1.28. The van der Waals surface area contributed by atoms with E-state index < -0.39 is 0 Å². The maximum Gasteiger partial charge on any atom is 0.00506 e. The van der Waals surface area contributed by atoms with E-state index in [1.54, 1.807) is 0 Å². The van der Waals surface area contributed by atoms with Gasteiger partial charge in [0, 0.05) is 36.3 Å². The Kier molecular flexibility index (Phi) is 30.9. The number of hydrogen-bond donors (Lipinski definition) is 0. The summed E-state index contributed by atoms with van der Waals surface area (Å²) in [5.74, 6) is 6.27. The Morgan fingerprint density at radius 3 is 1.33 bits per heavy atom. The maximum absolute atomic E-state index is 7.50. The standard InChI is InChI=1S/C8H12.C5H5.2CO.Mn/c1-2-4-6-8-7-5-3-1;1-2-4-5-3-1;2*1-2;/h1-6H2;1-5H;;;. The Bertz CT molecular complexity index is 275. The molecule has 0 spiro atoms. The van der Waals surface area contributed by atoms with Crippen molar-refractivity contribution in [3.05, 3.63) is 44.0 Å². The second kappa shape index (κ2) is 25.0. The van der Waals surface area contributed by atoms with E-state index in [0.717, 1.165) is 12.8 Å². The molecule has 2 rings (SSSR count). The van der Waals surface area contributed by atoms with Crippen LogP contribution in [-0.2, 0) is 26.4 Å². The van der Waals surface area contributed by atoms with Crippen molar-refractivity contribution in [1.82, 2.24) is 0 Å². The molecule has 0 heterocycles. The molecule has 96 valence electrons. The molecule has 0 aromatic rings. The summed E-state index contributed by atoms with van der Waals surface area (Å²) in [6, 6.07) is 0. The van der Waals surface area contributed by atoms with Crippen molar-refractivity contribution in [2.75, 3.05) is 0 Å². The summed E-state index contributed by atoms with van der Waals surface area (Å²) in [6.07, 6.45) is 17.7. The fourth-order valence-corrected chi connectivity index (χ4v) is 1.28. The van der Waals surface area contributed by atoms with Crippen molar-refractivity contribution in [3.63, 3.8) is 0 Å². The molecule has 0 amide bonds. The van der Waals surface area contributed by atoms with Crippen LogP contribution in [0.5, 0.6) is 0 Å². The molecule has 0 saturated heterocycles. The summed E-state index contributed by atoms with van der Waals surface area (Å²) >= 11 is 0. The molecular formula is C15H17MnO2. The molecule has 2 nitrogen and oxygen atoms in total. The van der Waals surface area contributed by atoms with Gasteiger partial charge >= 0.3 is 22.6 Å². The van der Waals surface area contributed by atoms with Gasteiger partial charge in [-0.2, -0.15) is 0 Å². The second-order valence-corrected chi connectivity index (χ2v) is 3.23. The number of hydrogen-bond acceptors (Lipinski definition) is 0. The molecule has 2 radical (unpaired) electrons.